The first-order valence-electron chi connectivity index (χ1n) is 19.6. The fourth-order valence-corrected chi connectivity index (χ4v) is 4.97. The number of nitrogens with two attached hydrogens (primary N) is 3. The van der Waals surface area contributed by atoms with Crippen LogP contribution in [0.2, 0.25) is 15.7 Å². The highest BCUT2D eigenvalue weighted by molar-refractivity contribution is 6.32. The summed E-state index contributed by atoms with van der Waals surface area (Å²) in [6.45, 7) is 10.2. The van der Waals surface area contributed by atoms with Gasteiger partial charge in [0.05, 0.1) is 19.8 Å². The van der Waals surface area contributed by atoms with Crippen molar-refractivity contribution in [3.8, 4) is 34.6 Å². The third-order valence-electron chi connectivity index (χ3n) is 7.42. The van der Waals surface area contributed by atoms with Crippen molar-refractivity contribution in [3.63, 3.8) is 0 Å². The smallest absolute Gasteiger partial charge is 0.347 e. The van der Waals surface area contributed by atoms with Gasteiger partial charge in [-0.15, -0.1) is 0 Å². The lowest BCUT2D eigenvalue weighted by Crippen LogP contribution is -2.27. The van der Waals surface area contributed by atoms with Crippen molar-refractivity contribution >= 4 is 70.4 Å². The van der Waals surface area contributed by atoms with Crippen LogP contribution in [0.15, 0.2) is 66.7 Å². The van der Waals surface area contributed by atoms with E-state index in [-0.39, 0.29) is 69.4 Å². The molecule has 5 aromatic rings. The first-order chi connectivity index (χ1) is 32.1. The van der Waals surface area contributed by atoms with E-state index in [0.29, 0.717) is 23.7 Å². The van der Waals surface area contributed by atoms with Crippen molar-refractivity contribution < 1.29 is 66.7 Å². The molecule has 0 aliphatic rings. The Morgan fingerprint density at radius 3 is 1.38 bits per heavy atom. The predicted molar refractivity (Wildman–Crippen MR) is 240 cm³/mol. The monoisotopic (exact) mass is 1010 g/mol. The van der Waals surface area contributed by atoms with Crippen LogP contribution in [0.1, 0.15) is 73.0 Å². The number of rotatable bonds is 16. The van der Waals surface area contributed by atoms with E-state index in [2.05, 4.69) is 34.6 Å². The van der Waals surface area contributed by atoms with Crippen LogP contribution in [-0.2, 0) is 28.6 Å². The molecule has 68 heavy (non-hydrogen) atoms. The molecular weight excluding hydrogens is 964 g/mol. The number of ether oxygens (including phenoxy) is 6. The number of amides is 3. The van der Waals surface area contributed by atoms with E-state index in [1.54, 1.807) is 45.0 Å². The molecule has 0 saturated carbocycles. The van der Waals surface area contributed by atoms with Gasteiger partial charge >= 0.3 is 17.9 Å². The largest absolute Gasteiger partial charge is 0.464 e. The van der Waals surface area contributed by atoms with E-state index in [9.17, 15) is 33.2 Å². The molecule has 3 heterocycles. The van der Waals surface area contributed by atoms with Crippen molar-refractivity contribution in [2.45, 2.75) is 59.9 Å². The van der Waals surface area contributed by atoms with Crippen molar-refractivity contribution in [2.75, 3.05) is 19.8 Å². The van der Waals surface area contributed by atoms with Crippen LogP contribution in [0.5, 0.6) is 23.3 Å². The molecule has 0 fully saturated rings. The molecule has 3 amide bonds. The topological polar surface area (TPSA) is 333 Å². The second kappa shape index (κ2) is 28.6. The average Bonchev–Trinajstić information content (AvgIpc) is 3.27. The number of hydrogen-bond acceptors (Lipinski definition) is 19. The Labute approximate surface area is 402 Å². The summed E-state index contributed by atoms with van der Waals surface area (Å²) >= 11 is 16.4. The van der Waals surface area contributed by atoms with E-state index >= 15 is 0 Å². The number of esters is 3. The van der Waals surface area contributed by atoms with Crippen LogP contribution in [0.4, 0.5) is 4.39 Å². The van der Waals surface area contributed by atoms with E-state index in [1.165, 1.54) is 63.2 Å². The molecule has 0 radical (unpaired) electrons. The predicted octanol–water partition coefficient (Wildman–Crippen LogP) is 4.88. The Bertz CT molecular complexity index is 2490. The summed E-state index contributed by atoms with van der Waals surface area (Å²) in [5.74, 6) is -3.11. The normalized spacial score (nSPS) is 11.4. The van der Waals surface area contributed by atoms with Crippen LogP contribution in [0.25, 0.3) is 11.4 Å². The summed E-state index contributed by atoms with van der Waals surface area (Å²) in [6, 6.07) is 16.0. The Balaban J connectivity index is 0.000000359. The molecule has 26 heteroatoms. The lowest BCUT2D eigenvalue weighted by Gasteiger charge is -2.14. The molecule has 0 aliphatic carbocycles. The molecule has 5 rings (SSSR count). The zero-order valence-electron chi connectivity index (χ0n) is 37.0. The van der Waals surface area contributed by atoms with Gasteiger partial charge in [0.25, 0.3) is 17.7 Å². The van der Waals surface area contributed by atoms with Gasteiger partial charge in [0.2, 0.25) is 22.3 Å². The Hall–Kier alpha value is -7.34. The first kappa shape index (κ1) is 56.8. The Morgan fingerprint density at radius 1 is 0.574 bits per heavy atom. The summed E-state index contributed by atoms with van der Waals surface area (Å²) < 4.78 is 43.4. The number of carbonyl (C=O) groups excluding carboxylic acids is 6. The minimum atomic E-state index is -0.991. The molecule has 0 unspecified atom stereocenters. The van der Waals surface area contributed by atoms with Gasteiger partial charge in [0.1, 0.15) is 45.7 Å². The van der Waals surface area contributed by atoms with Crippen molar-refractivity contribution in [2.24, 2.45) is 17.2 Å². The SMILES string of the molecule is CCOC(=O)[C@H](C)O.CCOC(=O)[C@H](C)Oc1cc(C(N)=O)nc(-c2ccc(Oc3ccc(F)cc3)cc2)n1.CCOC(=O)[C@H](C)Oc1cc(C(N)=O)nc(Cl)n1.NC(=O)c1cc(Cl)nc(Cl)n1. The van der Waals surface area contributed by atoms with Gasteiger partial charge in [0, 0.05) is 23.8 Å². The van der Waals surface area contributed by atoms with Crippen LogP contribution in [0, 0.1) is 5.82 Å². The van der Waals surface area contributed by atoms with E-state index in [4.69, 9.17) is 80.8 Å². The van der Waals surface area contributed by atoms with E-state index < -0.39 is 53.9 Å². The fourth-order valence-electron chi connectivity index (χ4n) is 4.39. The Kier molecular flexibility index (Phi) is 23.9. The van der Waals surface area contributed by atoms with Gasteiger partial charge in [-0.05, 0) is 113 Å². The second-order valence-corrected chi connectivity index (χ2v) is 13.8. The van der Waals surface area contributed by atoms with Gasteiger partial charge in [-0.3, -0.25) is 14.4 Å². The molecule has 7 N–H and O–H groups in total. The van der Waals surface area contributed by atoms with Crippen LogP contribution in [0.3, 0.4) is 0 Å². The zero-order chi connectivity index (χ0) is 51.1. The maximum absolute atomic E-state index is 13.0. The highest BCUT2D eigenvalue weighted by Crippen LogP contribution is 2.26. The quantitative estimate of drug-likeness (QED) is 0.0443. The number of nitrogens with zero attached hydrogens (tertiary/aromatic N) is 6. The van der Waals surface area contributed by atoms with Gasteiger partial charge in [0.15, 0.2) is 18.0 Å². The minimum Gasteiger partial charge on any atom is -0.464 e. The van der Waals surface area contributed by atoms with Crippen molar-refractivity contribution in [3.05, 3.63) is 105 Å². The number of aliphatic hydroxyl groups is 1. The maximum Gasteiger partial charge on any atom is 0.347 e. The van der Waals surface area contributed by atoms with Crippen LogP contribution < -0.4 is 31.4 Å². The summed E-state index contributed by atoms with van der Waals surface area (Å²) in [4.78, 5) is 89.4. The third kappa shape index (κ3) is 20.4. The second-order valence-electron chi connectivity index (χ2n) is 12.7. The Morgan fingerprint density at radius 2 is 0.971 bits per heavy atom. The summed E-state index contributed by atoms with van der Waals surface area (Å²) in [5.41, 5.74) is 15.7. The molecule has 364 valence electrons. The lowest BCUT2D eigenvalue weighted by molar-refractivity contribution is -0.152. The van der Waals surface area contributed by atoms with Gasteiger partial charge in [-0.25, -0.2) is 38.7 Å². The number of aromatic nitrogens is 6. The van der Waals surface area contributed by atoms with Gasteiger partial charge in [-0.1, -0.05) is 11.6 Å². The third-order valence-corrected chi connectivity index (χ3v) is 7.96. The molecule has 22 nitrogen and oxygen atoms in total. The van der Waals surface area contributed by atoms with E-state index in [0.717, 1.165) is 0 Å². The standard InChI is InChI=1S/C22H20FN3O5.C10H12ClN3O4.C5H3Cl2N3O.C5H10O3/c1-3-29-22(28)13(2)30-19-12-18(20(24)27)25-21(26-19)14-4-8-16(9-5-14)31-17-10-6-15(23)7-11-17;1-3-17-9(16)5(2)18-7-4-6(8(12)15)13-10(11)14-7;6-3-1-2(4(8)11)9-5(7)10-3;1-3-8-5(7)4(2)6/h4-13H,3H2,1-2H3,(H2,24,27);4-5H,3H2,1-2H3,(H2,12,15);1H,(H2,8,11);4,6H,3H2,1-2H3/t13-;5-;;4-/m00.0/s1. The highest BCUT2D eigenvalue weighted by Gasteiger charge is 2.20. The van der Waals surface area contributed by atoms with Gasteiger partial charge < -0.3 is 50.7 Å². The zero-order valence-corrected chi connectivity index (χ0v) is 39.2. The molecule has 3 atom stereocenters. The highest BCUT2D eigenvalue weighted by atomic mass is 35.5. The summed E-state index contributed by atoms with van der Waals surface area (Å²) in [5, 5.41) is 8.29. The molecule has 0 saturated heterocycles. The van der Waals surface area contributed by atoms with Crippen LogP contribution >= 0.6 is 34.8 Å². The molecule has 3 aromatic heterocycles. The average molecular weight is 1010 g/mol. The minimum absolute atomic E-state index is 0.00555. The fraction of sp³-hybridized carbons (Fsp3) is 0.286. The van der Waals surface area contributed by atoms with Crippen LogP contribution in [-0.4, -0.2) is 109 Å². The molecular formula is C42H45Cl3FN9O13. The molecule has 0 bridgehead atoms. The molecule has 0 aliphatic heterocycles. The number of halogens is 4. The number of benzene rings is 2. The lowest BCUT2D eigenvalue weighted by atomic mass is 10.2. The number of carbonyl (C=O) groups is 6. The van der Waals surface area contributed by atoms with Crippen molar-refractivity contribution in [1.82, 2.24) is 29.9 Å². The number of hydrogen-bond donors (Lipinski definition) is 4. The molecule has 2 aromatic carbocycles. The van der Waals surface area contributed by atoms with E-state index in [1.807, 2.05) is 0 Å². The molecule has 0 spiro atoms. The first-order valence-corrected chi connectivity index (χ1v) is 20.8. The van der Waals surface area contributed by atoms with Crippen molar-refractivity contribution in [1.29, 1.82) is 0 Å². The number of primary amides is 3. The summed E-state index contributed by atoms with van der Waals surface area (Å²) in [7, 11) is 0. The van der Waals surface area contributed by atoms with Gasteiger partial charge in [-0.2, -0.15) is 9.97 Å². The number of aliphatic hydroxyl groups excluding tert-OH is 1. The maximum atomic E-state index is 13.0. The summed E-state index contributed by atoms with van der Waals surface area (Å²) in [6.07, 6.45) is -2.80.